The molecule has 0 aliphatic heterocycles. The first-order chi connectivity index (χ1) is 6.66. The Hall–Kier alpha value is -0.830. The lowest BCUT2D eigenvalue weighted by atomic mass is 10.0. The van der Waals surface area contributed by atoms with Gasteiger partial charge >= 0.3 is 0 Å². The number of hydrogen-bond donors (Lipinski definition) is 1. The molecule has 0 fully saturated rings. The first kappa shape index (κ1) is 11.2. The second-order valence-electron chi connectivity index (χ2n) is 4.04. The van der Waals surface area contributed by atoms with Crippen molar-refractivity contribution < 1.29 is 0 Å². The van der Waals surface area contributed by atoms with Gasteiger partial charge in [-0.1, -0.05) is 13.8 Å². The zero-order chi connectivity index (χ0) is 10.6. The largest absolute Gasteiger partial charge is 0.320 e. The molecule has 0 bridgehead atoms. The summed E-state index contributed by atoms with van der Waals surface area (Å²) in [5.74, 6) is 0.562. The lowest BCUT2D eigenvalue weighted by Crippen LogP contribution is -2.09. The lowest BCUT2D eigenvalue weighted by Gasteiger charge is -2.09. The van der Waals surface area contributed by atoms with Gasteiger partial charge in [0, 0.05) is 12.7 Å². The topological polar surface area (TPSA) is 29.9 Å². The second kappa shape index (κ2) is 5.15. The third-order valence-electron chi connectivity index (χ3n) is 2.48. The predicted molar refractivity (Wildman–Crippen MR) is 59.5 cm³/mol. The Morgan fingerprint density at radius 2 is 2.21 bits per heavy atom. The zero-order valence-electron chi connectivity index (χ0n) is 9.67. The number of rotatable bonds is 5. The van der Waals surface area contributed by atoms with E-state index in [1.807, 2.05) is 25.0 Å². The van der Waals surface area contributed by atoms with E-state index in [-0.39, 0.29) is 0 Å². The van der Waals surface area contributed by atoms with Gasteiger partial charge in [-0.3, -0.25) is 4.68 Å². The van der Waals surface area contributed by atoms with Crippen molar-refractivity contribution in [3.05, 3.63) is 17.5 Å². The summed E-state index contributed by atoms with van der Waals surface area (Å²) in [5.41, 5.74) is 2.78. The number of aromatic nitrogens is 2. The van der Waals surface area contributed by atoms with Crippen LogP contribution < -0.4 is 5.32 Å². The fourth-order valence-electron chi connectivity index (χ4n) is 1.89. The molecular formula is C11H21N3. The SMILES string of the molecule is CNCCCc1cnn(C)c1C(C)C. The Balaban J connectivity index is 2.66. The first-order valence-electron chi connectivity index (χ1n) is 5.32. The van der Waals surface area contributed by atoms with E-state index in [9.17, 15) is 0 Å². The molecule has 3 heteroatoms. The van der Waals surface area contributed by atoms with Gasteiger partial charge in [0.05, 0.1) is 6.20 Å². The van der Waals surface area contributed by atoms with Crippen LogP contribution in [-0.4, -0.2) is 23.4 Å². The van der Waals surface area contributed by atoms with Crippen molar-refractivity contribution in [3.63, 3.8) is 0 Å². The molecule has 80 valence electrons. The van der Waals surface area contributed by atoms with E-state index in [1.165, 1.54) is 17.7 Å². The van der Waals surface area contributed by atoms with Crippen LogP contribution in [-0.2, 0) is 13.5 Å². The summed E-state index contributed by atoms with van der Waals surface area (Å²) >= 11 is 0. The average Bonchev–Trinajstić information content (AvgIpc) is 2.47. The molecule has 1 heterocycles. The molecule has 1 rings (SSSR count). The van der Waals surface area contributed by atoms with Crippen molar-refractivity contribution in [2.45, 2.75) is 32.6 Å². The summed E-state index contributed by atoms with van der Waals surface area (Å²) in [4.78, 5) is 0. The highest BCUT2D eigenvalue weighted by Crippen LogP contribution is 2.19. The van der Waals surface area contributed by atoms with Crippen LogP contribution in [0, 0.1) is 0 Å². The number of nitrogens with one attached hydrogen (secondary N) is 1. The smallest absolute Gasteiger partial charge is 0.0524 e. The fraction of sp³-hybridized carbons (Fsp3) is 0.727. The molecule has 0 unspecified atom stereocenters. The molecule has 3 nitrogen and oxygen atoms in total. The predicted octanol–water partition coefficient (Wildman–Crippen LogP) is 1.70. The van der Waals surface area contributed by atoms with Crippen molar-refractivity contribution in [1.82, 2.24) is 15.1 Å². The molecule has 14 heavy (non-hydrogen) atoms. The second-order valence-corrected chi connectivity index (χ2v) is 4.04. The van der Waals surface area contributed by atoms with Crippen LogP contribution in [0.4, 0.5) is 0 Å². The van der Waals surface area contributed by atoms with Crippen LogP contribution in [0.1, 0.15) is 37.4 Å². The molecule has 1 N–H and O–H groups in total. The van der Waals surface area contributed by atoms with Crippen molar-refractivity contribution >= 4 is 0 Å². The third-order valence-corrected chi connectivity index (χ3v) is 2.48. The van der Waals surface area contributed by atoms with Crippen molar-refractivity contribution in [3.8, 4) is 0 Å². The Labute approximate surface area is 86.5 Å². The van der Waals surface area contributed by atoms with Crippen LogP contribution in [0.5, 0.6) is 0 Å². The monoisotopic (exact) mass is 195 g/mol. The first-order valence-corrected chi connectivity index (χ1v) is 5.32. The van der Waals surface area contributed by atoms with Gasteiger partial charge in [0.15, 0.2) is 0 Å². The summed E-state index contributed by atoms with van der Waals surface area (Å²) < 4.78 is 2.00. The number of aryl methyl sites for hydroxylation is 2. The third kappa shape index (κ3) is 2.58. The molecule has 0 radical (unpaired) electrons. The number of hydrogen-bond acceptors (Lipinski definition) is 2. The molecule has 0 saturated heterocycles. The van der Waals surface area contributed by atoms with Crippen LogP contribution in [0.25, 0.3) is 0 Å². The van der Waals surface area contributed by atoms with E-state index >= 15 is 0 Å². The molecule has 0 atom stereocenters. The van der Waals surface area contributed by atoms with E-state index < -0.39 is 0 Å². The van der Waals surface area contributed by atoms with Crippen molar-refractivity contribution in [1.29, 1.82) is 0 Å². The molecular weight excluding hydrogens is 174 g/mol. The normalized spacial score (nSPS) is 11.2. The van der Waals surface area contributed by atoms with Gasteiger partial charge in [-0.25, -0.2) is 0 Å². The standard InChI is InChI=1S/C11H21N3/c1-9(2)11-10(6-5-7-12-3)8-13-14(11)4/h8-9,12H,5-7H2,1-4H3. The quantitative estimate of drug-likeness (QED) is 0.725. The highest BCUT2D eigenvalue weighted by molar-refractivity contribution is 5.20. The molecule has 0 amide bonds. The maximum Gasteiger partial charge on any atom is 0.0524 e. The van der Waals surface area contributed by atoms with Gasteiger partial charge in [-0.15, -0.1) is 0 Å². The summed E-state index contributed by atoms with van der Waals surface area (Å²) in [6.45, 7) is 5.52. The van der Waals surface area contributed by atoms with Gasteiger partial charge in [0.2, 0.25) is 0 Å². The van der Waals surface area contributed by atoms with E-state index in [1.54, 1.807) is 0 Å². The van der Waals surface area contributed by atoms with Gasteiger partial charge in [-0.05, 0) is 37.9 Å². The fourth-order valence-corrected chi connectivity index (χ4v) is 1.89. The highest BCUT2D eigenvalue weighted by atomic mass is 15.3. The molecule has 0 spiro atoms. The van der Waals surface area contributed by atoms with Crippen LogP contribution in [0.2, 0.25) is 0 Å². The minimum atomic E-state index is 0.562. The maximum atomic E-state index is 4.31. The van der Waals surface area contributed by atoms with Crippen LogP contribution in [0.3, 0.4) is 0 Å². The average molecular weight is 195 g/mol. The number of nitrogens with zero attached hydrogens (tertiary/aromatic N) is 2. The maximum absolute atomic E-state index is 4.31. The summed E-state index contributed by atoms with van der Waals surface area (Å²) in [6.07, 6.45) is 4.31. The van der Waals surface area contributed by atoms with E-state index in [0.717, 1.165) is 13.0 Å². The molecule has 1 aromatic heterocycles. The van der Waals surface area contributed by atoms with Crippen molar-refractivity contribution in [2.24, 2.45) is 7.05 Å². The van der Waals surface area contributed by atoms with E-state index in [0.29, 0.717) is 5.92 Å². The summed E-state index contributed by atoms with van der Waals surface area (Å²) in [7, 11) is 4.02. The lowest BCUT2D eigenvalue weighted by molar-refractivity contribution is 0.656. The van der Waals surface area contributed by atoms with Crippen LogP contribution >= 0.6 is 0 Å². The summed E-state index contributed by atoms with van der Waals surface area (Å²) in [5, 5.41) is 7.48. The zero-order valence-corrected chi connectivity index (χ0v) is 9.67. The van der Waals surface area contributed by atoms with Gasteiger partial charge in [0.25, 0.3) is 0 Å². The van der Waals surface area contributed by atoms with E-state index in [4.69, 9.17) is 0 Å². The molecule has 0 aromatic carbocycles. The minimum absolute atomic E-state index is 0.562. The van der Waals surface area contributed by atoms with Crippen LogP contribution in [0.15, 0.2) is 6.20 Å². The Morgan fingerprint density at radius 3 is 2.79 bits per heavy atom. The minimum Gasteiger partial charge on any atom is -0.320 e. The molecule has 1 aromatic rings. The summed E-state index contributed by atoms with van der Waals surface area (Å²) in [6, 6.07) is 0. The molecule has 0 aliphatic rings. The highest BCUT2D eigenvalue weighted by Gasteiger charge is 2.10. The van der Waals surface area contributed by atoms with Gasteiger partial charge < -0.3 is 5.32 Å². The Bertz CT molecular complexity index is 276. The van der Waals surface area contributed by atoms with Gasteiger partial charge in [-0.2, -0.15) is 5.10 Å². The van der Waals surface area contributed by atoms with E-state index in [2.05, 4.69) is 24.3 Å². The Kier molecular flexibility index (Phi) is 4.14. The molecule has 0 aliphatic carbocycles. The Morgan fingerprint density at radius 1 is 1.50 bits per heavy atom. The molecule has 0 saturated carbocycles. The van der Waals surface area contributed by atoms with Crippen molar-refractivity contribution in [2.75, 3.05) is 13.6 Å². The van der Waals surface area contributed by atoms with Gasteiger partial charge in [0.1, 0.15) is 0 Å².